The van der Waals surface area contributed by atoms with Crippen LogP contribution in [-0.4, -0.2) is 25.1 Å². The summed E-state index contributed by atoms with van der Waals surface area (Å²) in [5.74, 6) is 0.535. The molecular weight excluding hydrogens is 314 g/mol. The van der Waals surface area contributed by atoms with Crippen LogP contribution in [0.15, 0.2) is 29.2 Å². The van der Waals surface area contributed by atoms with Crippen molar-refractivity contribution in [2.45, 2.75) is 6.92 Å². The summed E-state index contributed by atoms with van der Waals surface area (Å²) in [6.07, 6.45) is 1.46. The lowest BCUT2D eigenvalue weighted by Crippen LogP contribution is -2.13. The van der Waals surface area contributed by atoms with Gasteiger partial charge in [-0.2, -0.15) is 5.26 Å². The van der Waals surface area contributed by atoms with Crippen molar-refractivity contribution < 1.29 is 14.3 Å². The molecule has 0 fully saturated rings. The summed E-state index contributed by atoms with van der Waals surface area (Å²) in [5.41, 5.74) is 1.07. The minimum absolute atomic E-state index is 0.0231. The minimum Gasteiger partial charge on any atom is -0.493 e. The largest absolute Gasteiger partial charge is 0.493 e. The van der Waals surface area contributed by atoms with Gasteiger partial charge in [-0.05, 0) is 25.1 Å². The summed E-state index contributed by atoms with van der Waals surface area (Å²) in [6.45, 7) is 1.86. The predicted molar refractivity (Wildman–Crippen MR) is 88.6 cm³/mol. The van der Waals surface area contributed by atoms with Crippen LogP contribution in [0.3, 0.4) is 0 Å². The smallest absolute Gasteiger partial charge is 0.266 e. The number of hydrogen-bond donors (Lipinski definition) is 1. The topological polar surface area (TPSA) is 84.2 Å². The van der Waals surface area contributed by atoms with Gasteiger partial charge in [-0.1, -0.05) is 0 Å². The van der Waals surface area contributed by atoms with Crippen LogP contribution in [0.2, 0.25) is 0 Å². The molecule has 0 aliphatic carbocycles. The van der Waals surface area contributed by atoms with E-state index in [1.165, 1.54) is 31.6 Å². The number of hydrogen-bond acceptors (Lipinski definition) is 6. The molecule has 1 aromatic heterocycles. The maximum atomic E-state index is 12.2. The highest BCUT2D eigenvalue weighted by molar-refractivity contribution is 7.09. The summed E-state index contributed by atoms with van der Waals surface area (Å²) < 4.78 is 10.3. The van der Waals surface area contributed by atoms with Gasteiger partial charge in [0.15, 0.2) is 11.5 Å². The first-order valence-corrected chi connectivity index (χ1v) is 7.52. The van der Waals surface area contributed by atoms with Crippen LogP contribution in [0.1, 0.15) is 10.7 Å². The van der Waals surface area contributed by atoms with Crippen LogP contribution in [0.4, 0.5) is 5.69 Å². The molecule has 1 N–H and O–H groups in total. The molecule has 2 rings (SSSR count). The van der Waals surface area contributed by atoms with E-state index in [2.05, 4.69) is 10.3 Å². The number of anilines is 1. The lowest BCUT2D eigenvalue weighted by atomic mass is 10.2. The van der Waals surface area contributed by atoms with E-state index in [4.69, 9.17) is 9.47 Å². The maximum Gasteiger partial charge on any atom is 0.266 e. The molecular formula is C16H15N3O3S. The molecule has 0 atom stereocenters. The predicted octanol–water partition coefficient (Wildman–Crippen LogP) is 3.01. The molecule has 0 saturated carbocycles. The number of benzene rings is 1. The van der Waals surface area contributed by atoms with Crippen LogP contribution in [0.5, 0.6) is 11.5 Å². The molecule has 7 heteroatoms. The number of carbonyl (C=O) groups is 1. The van der Waals surface area contributed by atoms with Crippen molar-refractivity contribution in [2.75, 3.05) is 19.5 Å². The Balaban J connectivity index is 2.20. The summed E-state index contributed by atoms with van der Waals surface area (Å²) in [5, 5.41) is 14.5. The van der Waals surface area contributed by atoms with Crippen molar-refractivity contribution in [3.63, 3.8) is 0 Å². The van der Waals surface area contributed by atoms with Crippen molar-refractivity contribution in [3.05, 3.63) is 39.9 Å². The van der Waals surface area contributed by atoms with Crippen molar-refractivity contribution in [2.24, 2.45) is 0 Å². The second kappa shape index (κ2) is 7.42. The summed E-state index contributed by atoms with van der Waals surface area (Å²) in [6, 6.07) is 6.85. The normalized spacial score (nSPS) is 10.8. The summed E-state index contributed by atoms with van der Waals surface area (Å²) >= 11 is 1.45. The molecule has 1 heterocycles. The van der Waals surface area contributed by atoms with E-state index in [9.17, 15) is 10.1 Å². The van der Waals surface area contributed by atoms with Gasteiger partial charge < -0.3 is 14.8 Å². The van der Waals surface area contributed by atoms with E-state index in [-0.39, 0.29) is 5.57 Å². The molecule has 0 unspecified atom stereocenters. The third kappa shape index (κ3) is 4.08. The molecule has 6 nitrogen and oxygen atoms in total. The maximum absolute atomic E-state index is 12.2. The Kier molecular flexibility index (Phi) is 5.33. The van der Waals surface area contributed by atoms with E-state index < -0.39 is 5.91 Å². The van der Waals surface area contributed by atoms with E-state index in [0.29, 0.717) is 22.9 Å². The quantitative estimate of drug-likeness (QED) is 0.673. The van der Waals surface area contributed by atoms with Gasteiger partial charge in [0.1, 0.15) is 11.6 Å². The Morgan fingerprint density at radius 1 is 1.35 bits per heavy atom. The molecule has 0 bridgehead atoms. The van der Waals surface area contributed by atoms with E-state index in [1.807, 2.05) is 13.0 Å². The minimum atomic E-state index is -0.509. The zero-order valence-electron chi connectivity index (χ0n) is 12.9. The van der Waals surface area contributed by atoms with Gasteiger partial charge in [-0.15, -0.1) is 11.3 Å². The highest BCUT2D eigenvalue weighted by atomic mass is 32.1. The molecule has 0 saturated heterocycles. The monoisotopic (exact) mass is 329 g/mol. The first-order chi connectivity index (χ1) is 11.1. The van der Waals surface area contributed by atoms with E-state index >= 15 is 0 Å². The lowest BCUT2D eigenvalue weighted by molar-refractivity contribution is -0.112. The average Bonchev–Trinajstić information content (AvgIpc) is 2.97. The molecule has 1 amide bonds. The fourth-order valence-electron chi connectivity index (χ4n) is 1.86. The number of aromatic nitrogens is 1. The van der Waals surface area contributed by atoms with Crippen LogP contribution in [-0.2, 0) is 4.79 Å². The van der Waals surface area contributed by atoms with Gasteiger partial charge >= 0.3 is 0 Å². The number of thiazole rings is 1. The summed E-state index contributed by atoms with van der Waals surface area (Å²) in [4.78, 5) is 16.4. The Bertz CT molecular complexity index is 790. The number of amides is 1. The second-order valence-corrected chi connectivity index (χ2v) is 5.55. The summed E-state index contributed by atoms with van der Waals surface area (Å²) in [7, 11) is 3.04. The van der Waals surface area contributed by atoms with Gasteiger partial charge in [0.2, 0.25) is 0 Å². The Morgan fingerprint density at radius 3 is 2.65 bits per heavy atom. The van der Waals surface area contributed by atoms with E-state index in [0.717, 1.165) is 5.01 Å². The highest BCUT2D eigenvalue weighted by Crippen LogP contribution is 2.29. The zero-order chi connectivity index (χ0) is 16.8. The molecule has 23 heavy (non-hydrogen) atoms. The lowest BCUT2D eigenvalue weighted by Gasteiger charge is -2.10. The average molecular weight is 329 g/mol. The molecule has 0 spiro atoms. The van der Waals surface area contributed by atoms with Gasteiger partial charge in [0.25, 0.3) is 5.91 Å². The number of ether oxygens (including phenoxy) is 2. The Hall–Kier alpha value is -2.85. The highest BCUT2D eigenvalue weighted by Gasteiger charge is 2.12. The third-order valence-electron chi connectivity index (χ3n) is 2.94. The van der Waals surface area contributed by atoms with Crippen molar-refractivity contribution >= 4 is 29.0 Å². The molecule has 0 aliphatic rings. The van der Waals surface area contributed by atoms with Crippen molar-refractivity contribution in [1.82, 2.24) is 4.98 Å². The number of nitrogens with one attached hydrogen (secondary N) is 1. The number of aryl methyl sites for hydroxylation is 1. The fourth-order valence-corrected chi connectivity index (χ4v) is 2.43. The van der Waals surface area contributed by atoms with Crippen molar-refractivity contribution in [3.8, 4) is 17.6 Å². The van der Waals surface area contributed by atoms with Crippen molar-refractivity contribution in [1.29, 1.82) is 5.26 Å². The van der Waals surface area contributed by atoms with Gasteiger partial charge in [-0.3, -0.25) is 4.79 Å². The first-order valence-electron chi connectivity index (χ1n) is 6.64. The first kappa shape index (κ1) is 16.5. The zero-order valence-corrected chi connectivity index (χ0v) is 13.7. The van der Waals surface area contributed by atoms with Crippen LogP contribution < -0.4 is 14.8 Å². The SMILES string of the molecule is COc1ccc(NC(=O)/C(C#N)=C/c2csc(C)n2)cc1OC. The van der Waals surface area contributed by atoms with Gasteiger partial charge in [0, 0.05) is 17.1 Å². The number of nitrogens with zero attached hydrogens (tertiary/aromatic N) is 2. The molecule has 1 aromatic carbocycles. The molecule has 0 aliphatic heterocycles. The number of methoxy groups -OCH3 is 2. The van der Waals surface area contributed by atoms with Gasteiger partial charge in [-0.25, -0.2) is 4.98 Å². The third-order valence-corrected chi connectivity index (χ3v) is 3.73. The second-order valence-electron chi connectivity index (χ2n) is 4.49. The fraction of sp³-hybridized carbons (Fsp3) is 0.188. The Labute approximate surface area is 138 Å². The van der Waals surface area contributed by atoms with Crippen LogP contribution in [0, 0.1) is 18.3 Å². The number of carbonyl (C=O) groups excluding carboxylic acids is 1. The van der Waals surface area contributed by atoms with E-state index in [1.54, 1.807) is 23.6 Å². The molecule has 118 valence electrons. The van der Waals surface area contributed by atoms with Gasteiger partial charge in [0.05, 0.1) is 24.9 Å². The van der Waals surface area contributed by atoms with Crippen LogP contribution in [0.25, 0.3) is 6.08 Å². The standard InChI is InChI=1S/C16H15N3O3S/c1-10-18-13(9-23-10)6-11(8-17)16(20)19-12-4-5-14(21-2)15(7-12)22-3/h4-7,9H,1-3H3,(H,19,20)/b11-6+. The number of nitriles is 1. The Morgan fingerprint density at radius 2 is 2.09 bits per heavy atom. The number of rotatable bonds is 5. The molecule has 2 aromatic rings. The van der Waals surface area contributed by atoms with Crippen LogP contribution >= 0.6 is 11.3 Å². The molecule has 0 radical (unpaired) electrons.